The van der Waals surface area contributed by atoms with Crippen molar-refractivity contribution in [1.29, 1.82) is 0 Å². The third-order valence-electron chi connectivity index (χ3n) is 5.74. The molecule has 23 heavy (non-hydrogen) atoms. The molecule has 2 aliphatic heterocycles. The Balaban J connectivity index is 1.50. The lowest BCUT2D eigenvalue weighted by Crippen LogP contribution is -2.46. The third kappa shape index (κ3) is 3.09. The van der Waals surface area contributed by atoms with Crippen molar-refractivity contribution in [2.45, 2.75) is 45.1 Å². The highest BCUT2D eigenvalue weighted by molar-refractivity contribution is 5.42. The van der Waals surface area contributed by atoms with Crippen molar-refractivity contribution in [2.75, 3.05) is 44.3 Å². The fourth-order valence-corrected chi connectivity index (χ4v) is 4.11. The molecule has 2 saturated heterocycles. The second-order valence-electron chi connectivity index (χ2n) is 7.45. The largest absolute Gasteiger partial charge is 0.379 e. The summed E-state index contributed by atoms with van der Waals surface area (Å²) in [7, 11) is 0. The van der Waals surface area contributed by atoms with Crippen LogP contribution in [0.4, 0.5) is 5.82 Å². The summed E-state index contributed by atoms with van der Waals surface area (Å²) >= 11 is 0. The standard InChI is InChI=1S/C18H28N4O/c1-13-11-22(12-16(13)21-6-8-23-9-7-21)17-10-14(2)19-18(20-17)15-4-3-5-15/h10,13,15-16H,3-9,11-12H2,1-2H3. The minimum atomic E-state index is 0.601. The van der Waals surface area contributed by atoms with E-state index >= 15 is 0 Å². The van der Waals surface area contributed by atoms with E-state index in [0.29, 0.717) is 17.9 Å². The molecule has 0 bridgehead atoms. The van der Waals surface area contributed by atoms with Gasteiger partial charge in [0.1, 0.15) is 11.6 Å². The number of morpholine rings is 1. The maximum absolute atomic E-state index is 5.51. The summed E-state index contributed by atoms with van der Waals surface area (Å²) < 4.78 is 5.51. The van der Waals surface area contributed by atoms with Crippen LogP contribution in [0, 0.1) is 12.8 Å². The van der Waals surface area contributed by atoms with Crippen molar-refractivity contribution >= 4 is 5.82 Å². The molecule has 1 aromatic heterocycles. The summed E-state index contributed by atoms with van der Waals surface area (Å²) in [4.78, 5) is 14.7. The van der Waals surface area contributed by atoms with Crippen molar-refractivity contribution in [2.24, 2.45) is 5.92 Å². The van der Waals surface area contributed by atoms with Crippen LogP contribution in [0.15, 0.2) is 6.07 Å². The van der Waals surface area contributed by atoms with Gasteiger partial charge >= 0.3 is 0 Å². The van der Waals surface area contributed by atoms with Crippen LogP contribution in [0.3, 0.4) is 0 Å². The Hall–Kier alpha value is -1.20. The van der Waals surface area contributed by atoms with E-state index in [1.807, 2.05) is 0 Å². The maximum atomic E-state index is 5.51. The number of aryl methyl sites for hydroxylation is 1. The molecule has 2 unspecified atom stereocenters. The van der Waals surface area contributed by atoms with Gasteiger partial charge in [-0.2, -0.15) is 0 Å². The molecular weight excluding hydrogens is 288 g/mol. The average Bonchev–Trinajstić information content (AvgIpc) is 2.88. The van der Waals surface area contributed by atoms with E-state index in [-0.39, 0.29) is 0 Å². The molecule has 1 saturated carbocycles. The van der Waals surface area contributed by atoms with Crippen molar-refractivity contribution < 1.29 is 4.74 Å². The van der Waals surface area contributed by atoms with Crippen LogP contribution in [0.5, 0.6) is 0 Å². The van der Waals surface area contributed by atoms with E-state index < -0.39 is 0 Å². The molecule has 2 atom stereocenters. The second-order valence-corrected chi connectivity index (χ2v) is 7.45. The van der Waals surface area contributed by atoms with Crippen molar-refractivity contribution in [3.8, 4) is 0 Å². The van der Waals surface area contributed by atoms with Gasteiger partial charge in [0.15, 0.2) is 0 Å². The SMILES string of the molecule is Cc1cc(N2CC(C)C(N3CCOCC3)C2)nc(C2CCC2)n1. The molecule has 3 aliphatic rings. The fourth-order valence-electron chi connectivity index (χ4n) is 4.11. The smallest absolute Gasteiger partial charge is 0.134 e. The molecule has 0 aromatic carbocycles. The number of hydrogen-bond donors (Lipinski definition) is 0. The van der Waals surface area contributed by atoms with E-state index in [1.54, 1.807) is 0 Å². The van der Waals surface area contributed by atoms with Gasteiger partial charge in [-0.05, 0) is 25.7 Å². The maximum Gasteiger partial charge on any atom is 0.134 e. The van der Waals surface area contributed by atoms with Gasteiger partial charge in [0.05, 0.1) is 13.2 Å². The van der Waals surface area contributed by atoms with Gasteiger partial charge in [0.2, 0.25) is 0 Å². The Morgan fingerprint density at radius 3 is 2.61 bits per heavy atom. The number of ether oxygens (including phenoxy) is 1. The fraction of sp³-hybridized carbons (Fsp3) is 0.778. The molecule has 5 nitrogen and oxygen atoms in total. The zero-order chi connectivity index (χ0) is 15.8. The van der Waals surface area contributed by atoms with E-state index in [2.05, 4.69) is 29.7 Å². The molecule has 5 heteroatoms. The molecule has 4 rings (SSSR count). The summed E-state index contributed by atoms with van der Waals surface area (Å²) in [6, 6.07) is 2.79. The first-order valence-corrected chi connectivity index (χ1v) is 9.13. The average molecular weight is 316 g/mol. The van der Waals surface area contributed by atoms with Gasteiger partial charge in [0.25, 0.3) is 0 Å². The normalized spacial score (nSPS) is 29.7. The van der Waals surface area contributed by atoms with Gasteiger partial charge in [0, 0.05) is 49.9 Å². The number of rotatable bonds is 3. The first-order chi connectivity index (χ1) is 11.2. The van der Waals surface area contributed by atoms with E-state index in [9.17, 15) is 0 Å². The molecule has 0 spiro atoms. The summed E-state index contributed by atoms with van der Waals surface area (Å²) in [6.45, 7) is 10.6. The topological polar surface area (TPSA) is 41.5 Å². The molecule has 3 heterocycles. The summed E-state index contributed by atoms with van der Waals surface area (Å²) in [5.74, 6) is 3.50. The minimum absolute atomic E-state index is 0.601. The summed E-state index contributed by atoms with van der Waals surface area (Å²) in [5.41, 5.74) is 1.11. The Bertz CT molecular complexity index is 554. The van der Waals surface area contributed by atoms with Crippen LogP contribution in [0.2, 0.25) is 0 Å². The molecule has 0 N–H and O–H groups in total. The van der Waals surface area contributed by atoms with Crippen LogP contribution in [0.1, 0.15) is 43.6 Å². The third-order valence-corrected chi connectivity index (χ3v) is 5.74. The van der Waals surface area contributed by atoms with E-state index in [0.717, 1.165) is 56.7 Å². The molecule has 0 radical (unpaired) electrons. The minimum Gasteiger partial charge on any atom is -0.379 e. The highest BCUT2D eigenvalue weighted by atomic mass is 16.5. The number of nitrogens with zero attached hydrogens (tertiary/aromatic N) is 4. The van der Waals surface area contributed by atoms with E-state index in [4.69, 9.17) is 14.7 Å². The lowest BCUT2D eigenvalue weighted by molar-refractivity contribution is 0.0134. The Morgan fingerprint density at radius 1 is 1.13 bits per heavy atom. The van der Waals surface area contributed by atoms with Gasteiger partial charge in [-0.1, -0.05) is 13.3 Å². The van der Waals surface area contributed by atoms with Crippen LogP contribution >= 0.6 is 0 Å². The Morgan fingerprint density at radius 2 is 1.91 bits per heavy atom. The monoisotopic (exact) mass is 316 g/mol. The Labute approximate surface area is 139 Å². The first kappa shape index (κ1) is 15.3. The molecular formula is C18H28N4O. The molecule has 1 aromatic rings. The van der Waals surface area contributed by atoms with Crippen LogP contribution in [0.25, 0.3) is 0 Å². The Kier molecular flexibility index (Phi) is 4.24. The van der Waals surface area contributed by atoms with E-state index in [1.165, 1.54) is 19.3 Å². The molecule has 126 valence electrons. The van der Waals surface area contributed by atoms with Crippen LogP contribution in [-0.4, -0.2) is 60.3 Å². The predicted octanol–water partition coefficient (Wildman–Crippen LogP) is 2.21. The number of aromatic nitrogens is 2. The van der Waals surface area contributed by atoms with Gasteiger partial charge in [-0.25, -0.2) is 9.97 Å². The zero-order valence-electron chi connectivity index (χ0n) is 14.4. The van der Waals surface area contributed by atoms with Gasteiger partial charge < -0.3 is 9.64 Å². The molecule has 3 fully saturated rings. The van der Waals surface area contributed by atoms with Gasteiger partial charge in [-0.15, -0.1) is 0 Å². The lowest BCUT2D eigenvalue weighted by Gasteiger charge is -2.34. The van der Waals surface area contributed by atoms with Crippen LogP contribution in [-0.2, 0) is 4.74 Å². The highest BCUT2D eigenvalue weighted by Crippen LogP contribution is 2.35. The highest BCUT2D eigenvalue weighted by Gasteiger charge is 2.35. The zero-order valence-corrected chi connectivity index (χ0v) is 14.4. The quantitative estimate of drug-likeness (QED) is 0.855. The van der Waals surface area contributed by atoms with Gasteiger partial charge in [-0.3, -0.25) is 4.90 Å². The molecule has 0 amide bonds. The summed E-state index contributed by atoms with van der Waals surface area (Å²) in [5, 5.41) is 0. The summed E-state index contributed by atoms with van der Waals surface area (Å²) in [6.07, 6.45) is 3.85. The number of anilines is 1. The van der Waals surface area contributed by atoms with Crippen molar-refractivity contribution in [3.63, 3.8) is 0 Å². The van der Waals surface area contributed by atoms with Crippen molar-refractivity contribution in [1.82, 2.24) is 14.9 Å². The predicted molar refractivity (Wildman–Crippen MR) is 90.9 cm³/mol. The number of hydrogen-bond acceptors (Lipinski definition) is 5. The van der Waals surface area contributed by atoms with Crippen LogP contribution < -0.4 is 4.90 Å². The lowest BCUT2D eigenvalue weighted by atomic mass is 9.85. The first-order valence-electron chi connectivity index (χ1n) is 9.13. The second kappa shape index (κ2) is 6.36. The molecule has 1 aliphatic carbocycles. The van der Waals surface area contributed by atoms with Crippen molar-refractivity contribution in [3.05, 3.63) is 17.6 Å².